The molecular formula is C7H11ClN2OS. The summed E-state index contributed by atoms with van der Waals surface area (Å²) < 4.78 is 12.7. The highest BCUT2D eigenvalue weighted by molar-refractivity contribution is 8.08. The van der Waals surface area contributed by atoms with Crippen LogP contribution in [-0.2, 0) is 15.6 Å². The van der Waals surface area contributed by atoms with Crippen LogP contribution in [0.3, 0.4) is 0 Å². The van der Waals surface area contributed by atoms with Crippen LogP contribution in [0.2, 0.25) is 0 Å². The number of rotatable bonds is 1. The molecule has 0 fully saturated rings. The molecule has 0 saturated heterocycles. The minimum absolute atomic E-state index is 0.0402. The molecule has 1 unspecified atom stereocenters. The molecule has 0 aliphatic rings. The monoisotopic (exact) mass is 206 g/mol. The fourth-order valence-electron chi connectivity index (χ4n) is 0.754. The lowest BCUT2D eigenvalue weighted by Crippen LogP contribution is -2.19. The predicted octanol–water partition coefficient (Wildman–Crippen LogP) is 1.90. The average Bonchev–Trinajstić information content (AvgIpc) is 2.30. The van der Waals surface area contributed by atoms with Crippen molar-refractivity contribution in [1.82, 2.24) is 9.55 Å². The molecule has 1 atom stereocenters. The number of hydrogen-bond acceptors (Lipinski definition) is 2. The van der Waals surface area contributed by atoms with Gasteiger partial charge in [-0.15, -0.1) is 0 Å². The van der Waals surface area contributed by atoms with Gasteiger partial charge in [0.15, 0.2) is 15.0 Å². The quantitative estimate of drug-likeness (QED) is 0.658. The molecule has 5 heteroatoms. The van der Waals surface area contributed by atoms with Crippen molar-refractivity contribution < 1.29 is 4.21 Å². The molecule has 1 aromatic heterocycles. The summed E-state index contributed by atoms with van der Waals surface area (Å²) in [7, 11) is 3.86. The maximum absolute atomic E-state index is 10.8. The molecule has 0 spiro atoms. The molecule has 0 aromatic carbocycles. The second-order valence-corrected chi connectivity index (χ2v) is 5.22. The van der Waals surface area contributed by atoms with Gasteiger partial charge in [0.1, 0.15) is 0 Å². The van der Waals surface area contributed by atoms with Crippen LogP contribution in [0.15, 0.2) is 17.6 Å². The minimum Gasteiger partial charge on any atom is -0.331 e. The Morgan fingerprint density at radius 2 is 2.17 bits per heavy atom. The molecule has 0 radical (unpaired) electrons. The van der Waals surface area contributed by atoms with Gasteiger partial charge in [-0.25, -0.2) is 9.19 Å². The van der Waals surface area contributed by atoms with Gasteiger partial charge < -0.3 is 4.57 Å². The number of halogens is 1. The van der Waals surface area contributed by atoms with E-state index in [2.05, 4.69) is 4.98 Å². The standard InChI is InChI=1S/C7H11ClN2OS/c1-7(2,3)10-4-6(9-5-10)12(8)11/h4-5H,1-3H3. The van der Waals surface area contributed by atoms with Gasteiger partial charge in [0.2, 0.25) is 0 Å². The smallest absolute Gasteiger partial charge is 0.168 e. The van der Waals surface area contributed by atoms with Gasteiger partial charge in [-0.2, -0.15) is 0 Å². The summed E-state index contributed by atoms with van der Waals surface area (Å²) in [6.45, 7) is 6.11. The summed E-state index contributed by atoms with van der Waals surface area (Å²) in [5.41, 5.74) is -0.0402. The van der Waals surface area contributed by atoms with E-state index in [0.29, 0.717) is 5.03 Å². The lowest BCUT2D eigenvalue weighted by molar-refractivity contribution is 0.395. The Hall–Kier alpha value is -0.350. The topological polar surface area (TPSA) is 34.9 Å². The molecule has 12 heavy (non-hydrogen) atoms. The van der Waals surface area contributed by atoms with Crippen molar-refractivity contribution in [3.05, 3.63) is 12.5 Å². The van der Waals surface area contributed by atoms with Crippen molar-refractivity contribution in [3.63, 3.8) is 0 Å². The molecule has 0 amide bonds. The molecule has 1 rings (SSSR count). The predicted molar refractivity (Wildman–Crippen MR) is 49.5 cm³/mol. The molecular weight excluding hydrogens is 196 g/mol. The van der Waals surface area contributed by atoms with E-state index in [4.69, 9.17) is 10.7 Å². The summed E-state index contributed by atoms with van der Waals surface area (Å²) in [5, 5.41) is 0.409. The fraction of sp³-hybridized carbons (Fsp3) is 0.571. The highest BCUT2D eigenvalue weighted by Crippen LogP contribution is 2.16. The van der Waals surface area contributed by atoms with Crippen molar-refractivity contribution in [1.29, 1.82) is 0 Å². The normalized spacial score (nSPS) is 14.7. The fourth-order valence-corrected chi connectivity index (χ4v) is 1.32. The van der Waals surface area contributed by atoms with E-state index < -0.39 is 10.0 Å². The highest BCUT2D eigenvalue weighted by Gasteiger charge is 2.14. The van der Waals surface area contributed by atoms with Gasteiger partial charge in [0.05, 0.1) is 6.33 Å². The Kier molecular flexibility index (Phi) is 2.58. The van der Waals surface area contributed by atoms with Gasteiger partial charge >= 0.3 is 0 Å². The number of aromatic nitrogens is 2. The number of nitrogens with zero attached hydrogens (tertiary/aromatic N) is 2. The first-order valence-corrected chi connectivity index (χ1v) is 5.51. The first-order valence-electron chi connectivity index (χ1n) is 3.54. The van der Waals surface area contributed by atoms with Gasteiger partial charge in [-0.1, -0.05) is 0 Å². The second kappa shape index (κ2) is 3.18. The third kappa shape index (κ3) is 2.08. The summed E-state index contributed by atoms with van der Waals surface area (Å²) in [4.78, 5) is 3.91. The van der Waals surface area contributed by atoms with Gasteiger partial charge in [0.25, 0.3) is 0 Å². The van der Waals surface area contributed by atoms with Crippen LogP contribution in [0.4, 0.5) is 0 Å². The van der Waals surface area contributed by atoms with E-state index >= 15 is 0 Å². The number of imidazole rings is 1. The van der Waals surface area contributed by atoms with Crippen LogP contribution in [0.5, 0.6) is 0 Å². The molecule has 3 nitrogen and oxygen atoms in total. The van der Waals surface area contributed by atoms with Crippen molar-refractivity contribution in [3.8, 4) is 0 Å². The van der Waals surface area contributed by atoms with E-state index in [0.717, 1.165) is 0 Å². The van der Waals surface area contributed by atoms with Crippen molar-refractivity contribution in [2.24, 2.45) is 0 Å². The maximum atomic E-state index is 10.8. The zero-order chi connectivity index (χ0) is 9.35. The lowest BCUT2D eigenvalue weighted by atomic mass is 10.1. The zero-order valence-corrected chi connectivity index (χ0v) is 8.82. The molecule has 0 N–H and O–H groups in total. The van der Waals surface area contributed by atoms with E-state index in [1.807, 2.05) is 25.3 Å². The summed E-state index contributed by atoms with van der Waals surface area (Å²) in [6.07, 6.45) is 3.33. The summed E-state index contributed by atoms with van der Waals surface area (Å²) >= 11 is 0. The maximum Gasteiger partial charge on any atom is 0.168 e. The average molecular weight is 207 g/mol. The Bertz CT molecular complexity index is 303. The van der Waals surface area contributed by atoms with Crippen molar-refractivity contribution >= 4 is 20.7 Å². The van der Waals surface area contributed by atoms with Crippen LogP contribution < -0.4 is 0 Å². The van der Waals surface area contributed by atoms with Crippen molar-refractivity contribution in [2.75, 3.05) is 0 Å². The minimum atomic E-state index is -1.50. The third-order valence-corrected chi connectivity index (χ3v) is 2.51. The van der Waals surface area contributed by atoms with Gasteiger partial charge in [-0.3, -0.25) is 0 Å². The van der Waals surface area contributed by atoms with Crippen molar-refractivity contribution in [2.45, 2.75) is 31.3 Å². The zero-order valence-electron chi connectivity index (χ0n) is 7.24. The van der Waals surface area contributed by atoms with Crippen LogP contribution in [0.25, 0.3) is 0 Å². The Morgan fingerprint density at radius 1 is 1.58 bits per heavy atom. The number of hydrogen-bond donors (Lipinski definition) is 0. The largest absolute Gasteiger partial charge is 0.331 e. The molecule has 0 aliphatic heterocycles. The van der Waals surface area contributed by atoms with E-state index in [1.165, 1.54) is 0 Å². The van der Waals surface area contributed by atoms with Gasteiger partial charge in [-0.05, 0) is 31.5 Å². The van der Waals surface area contributed by atoms with E-state index in [-0.39, 0.29) is 5.54 Å². The molecule has 1 heterocycles. The Labute approximate surface area is 78.7 Å². The van der Waals surface area contributed by atoms with Crippen LogP contribution in [0, 0.1) is 0 Å². The SMILES string of the molecule is CC(C)(C)n1cnc(S(=O)Cl)c1. The molecule has 1 aromatic rings. The third-order valence-electron chi connectivity index (χ3n) is 1.50. The van der Waals surface area contributed by atoms with Crippen LogP contribution in [-0.4, -0.2) is 13.8 Å². The molecule has 0 bridgehead atoms. The Morgan fingerprint density at radius 3 is 2.42 bits per heavy atom. The first-order chi connectivity index (χ1) is 5.41. The van der Waals surface area contributed by atoms with Crippen LogP contribution >= 0.6 is 10.7 Å². The second-order valence-electron chi connectivity index (χ2n) is 3.51. The molecule has 0 aliphatic carbocycles. The van der Waals surface area contributed by atoms with Crippen LogP contribution in [0.1, 0.15) is 20.8 Å². The first kappa shape index (κ1) is 9.74. The van der Waals surface area contributed by atoms with E-state index in [1.54, 1.807) is 12.5 Å². The lowest BCUT2D eigenvalue weighted by Gasteiger charge is -2.19. The highest BCUT2D eigenvalue weighted by atomic mass is 35.7. The summed E-state index contributed by atoms with van der Waals surface area (Å²) in [5.74, 6) is 0. The Balaban J connectivity index is 3.00. The van der Waals surface area contributed by atoms with Gasteiger partial charge in [0, 0.05) is 11.7 Å². The molecule has 0 saturated carbocycles. The van der Waals surface area contributed by atoms with E-state index in [9.17, 15) is 4.21 Å². The summed E-state index contributed by atoms with van der Waals surface area (Å²) in [6, 6.07) is 0. The molecule has 68 valence electrons.